The summed E-state index contributed by atoms with van der Waals surface area (Å²) in [6.45, 7) is 6.91. The molecule has 2 aliphatic heterocycles. The van der Waals surface area contributed by atoms with E-state index in [4.69, 9.17) is 4.84 Å². The Kier molecular flexibility index (Phi) is 7.36. The highest BCUT2D eigenvalue weighted by molar-refractivity contribution is 5.80. The van der Waals surface area contributed by atoms with E-state index in [0.717, 1.165) is 26.1 Å². The van der Waals surface area contributed by atoms with Crippen LogP contribution in [0, 0.1) is 6.92 Å². The Hall–Kier alpha value is -1.43. The lowest BCUT2D eigenvalue weighted by atomic mass is 10.2. The van der Waals surface area contributed by atoms with Gasteiger partial charge in [-0.15, -0.1) is 0 Å². The number of amides is 1. The van der Waals surface area contributed by atoms with Gasteiger partial charge >= 0.3 is 0 Å². The van der Waals surface area contributed by atoms with Crippen LogP contribution in [0.15, 0.2) is 30.3 Å². The van der Waals surface area contributed by atoms with E-state index in [9.17, 15) is 4.79 Å². The summed E-state index contributed by atoms with van der Waals surface area (Å²) in [5, 5.41) is 2.91. The molecule has 5 heteroatoms. The number of nitrogens with one attached hydrogen (secondary N) is 2. The van der Waals surface area contributed by atoms with E-state index >= 15 is 0 Å². The number of nitrogens with zero attached hydrogens (tertiary/aromatic N) is 1. The first-order valence-electron chi connectivity index (χ1n) is 8.16. The second-order valence-electron chi connectivity index (χ2n) is 5.78. The lowest BCUT2D eigenvalue weighted by Gasteiger charge is -2.15. The van der Waals surface area contributed by atoms with Crippen LogP contribution in [0.5, 0.6) is 0 Å². The van der Waals surface area contributed by atoms with Crippen LogP contribution in [0.25, 0.3) is 0 Å². The molecule has 0 spiro atoms. The minimum absolute atomic E-state index is 0.0131. The van der Waals surface area contributed by atoms with Gasteiger partial charge in [0, 0.05) is 19.6 Å². The molecule has 2 fully saturated rings. The highest BCUT2D eigenvalue weighted by Crippen LogP contribution is 2.06. The Morgan fingerprint density at radius 3 is 2.59 bits per heavy atom. The second-order valence-corrected chi connectivity index (χ2v) is 5.78. The Morgan fingerprint density at radius 1 is 1.32 bits per heavy atom. The standard InChI is InChI=1S/C10H19N3O2.C7H8/c14-10(9-3-4-12-15-9)11-5-8-13-6-1-2-7-13;1-7-5-3-2-4-6-7/h9,12H,1-8H2,(H,11,14);2-6H,1H3/t9-;/m1./s1. The highest BCUT2D eigenvalue weighted by atomic mass is 16.7. The van der Waals surface area contributed by atoms with Gasteiger partial charge in [0.2, 0.25) is 0 Å². The van der Waals surface area contributed by atoms with Crippen molar-refractivity contribution in [3.05, 3.63) is 35.9 Å². The van der Waals surface area contributed by atoms with E-state index in [-0.39, 0.29) is 12.0 Å². The summed E-state index contributed by atoms with van der Waals surface area (Å²) in [4.78, 5) is 19.0. The molecular formula is C17H27N3O2. The van der Waals surface area contributed by atoms with E-state index in [1.165, 1.54) is 31.5 Å². The lowest BCUT2D eigenvalue weighted by molar-refractivity contribution is -0.132. The molecule has 1 amide bonds. The van der Waals surface area contributed by atoms with Gasteiger partial charge in [-0.3, -0.25) is 9.63 Å². The van der Waals surface area contributed by atoms with Gasteiger partial charge < -0.3 is 10.2 Å². The summed E-state index contributed by atoms with van der Waals surface area (Å²) in [7, 11) is 0. The third-order valence-electron chi connectivity index (χ3n) is 3.89. The molecule has 2 aliphatic rings. The molecule has 3 rings (SSSR count). The largest absolute Gasteiger partial charge is 0.352 e. The number of hydrogen-bond donors (Lipinski definition) is 2. The summed E-state index contributed by atoms with van der Waals surface area (Å²) < 4.78 is 0. The molecule has 1 atom stereocenters. The average Bonchev–Trinajstić information content (AvgIpc) is 3.22. The van der Waals surface area contributed by atoms with Crippen LogP contribution in [0.4, 0.5) is 0 Å². The molecule has 1 aromatic rings. The maximum absolute atomic E-state index is 11.5. The van der Waals surface area contributed by atoms with Crippen LogP contribution < -0.4 is 10.8 Å². The molecule has 0 aromatic heterocycles. The van der Waals surface area contributed by atoms with Crippen molar-refractivity contribution in [2.24, 2.45) is 0 Å². The van der Waals surface area contributed by atoms with Gasteiger partial charge in [-0.05, 0) is 39.3 Å². The Balaban J connectivity index is 0.000000211. The van der Waals surface area contributed by atoms with Gasteiger partial charge in [0.05, 0.1) is 0 Å². The normalized spacial score (nSPS) is 21.2. The molecule has 0 aliphatic carbocycles. The number of aryl methyl sites for hydroxylation is 1. The topological polar surface area (TPSA) is 53.6 Å². The predicted octanol–water partition coefficient (Wildman–Crippen LogP) is 1.49. The minimum Gasteiger partial charge on any atom is -0.352 e. The molecule has 2 heterocycles. The van der Waals surface area contributed by atoms with E-state index in [1.54, 1.807) is 0 Å². The Labute approximate surface area is 133 Å². The first-order valence-corrected chi connectivity index (χ1v) is 8.16. The van der Waals surface area contributed by atoms with Crippen molar-refractivity contribution >= 4 is 5.91 Å². The van der Waals surface area contributed by atoms with Crippen molar-refractivity contribution < 1.29 is 9.63 Å². The van der Waals surface area contributed by atoms with Gasteiger partial charge in [0.1, 0.15) is 0 Å². The summed E-state index contributed by atoms with van der Waals surface area (Å²) in [6.07, 6.45) is 3.08. The van der Waals surface area contributed by atoms with Gasteiger partial charge in [0.25, 0.3) is 5.91 Å². The van der Waals surface area contributed by atoms with Crippen LogP contribution in [-0.2, 0) is 9.63 Å². The molecule has 22 heavy (non-hydrogen) atoms. The van der Waals surface area contributed by atoms with Crippen molar-refractivity contribution in [3.63, 3.8) is 0 Å². The number of hydrogen-bond acceptors (Lipinski definition) is 4. The van der Waals surface area contributed by atoms with Crippen LogP contribution in [0.3, 0.4) is 0 Å². The number of hydroxylamine groups is 1. The SMILES string of the molecule is Cc1ccccc1.O=C(NCCN1CCCC1)[C@H]1CCNO1. The summed E-state index contributed by atoms with van der Waals surface area (Å²) in [5.41, 5.74) is 4.04. The molecule has 122 valence electrons. The predicted molar refractivity (Wildman–Crippen MR) is 87.4 cm³/mol. The fraction of sp³-hybridized carbons (Fsp3) is 0.588. The van der Waals surface area contributed by atoms with Gasteiger partial charge in [0.15, 0.2) is 6.10 Å². The number of carbonyl (C=O) groups is 1. The van der Waals surface area contributed by atoms with E-state index in [1.807, 2.05) is 18.2 Å². The summed E-state index contributed by atoms with van der Waals surface area (Å²) >= 11 is 0. The molecule has 5 nitrogen and oxygen atoms in total. The molecule has 2 N–H and O–H groups in total. The quantitative estimate of drug-likeness (QED) is 0.885. The van der Waals surface area contributed by atoms with Crippen molar-refractivity contribution in [2.45, 2.75) is 32.3 Å². The molecule has 0 bridgehead atoms. The van der Waals surface area contributed by atoms with E-state index < -0.39 is 0 Å². The van der Waals surface area contributed by atoms with Crippen molar-refractivity contribution in [1.29, 1.82) is 0 Å². The zero-order valence-corrected chi connectivity index (χ0v) is 13.4. The van der Waals surface area contributed by atoms with E-state index in [2.05, 4.69) is 34.8 Å². The van der Waals surface area contributed by atoms with Crippen LogP contribution in [-0.4, -0.2) is 49.6 Å². The van der Waals surface area contributed by atoms with Crippen LogP contribution >= 0.6 is 0 Å². The van der Waals surface area contributed by atoms with Crippen molar-refractivity contribution in [2.75, 3.05) is 32.7 Å². The number of rotatable bonds is 4. The first-order chi connectivity index (χ1) is 10.8. The van der Waals surface area contributed by atoms with Crippen LogP contribution in [0.2, 0.25) is 0 Å². The minimum atomic E-state index is -0.288. The molecule has 0 saturated carbocycles. The molecule has 0 unspecified atom stereocenters. The van der Waals surface area contributed by atoms with Gasteiger partial charge in [-0.25, -0.2) is 5.48 Å². The highest BCUT2D eigenvalue weighted by Gasteiger charge is 2.23. The van der Waals surface area contributed by atoms with Crippen LogP contribution in [0.1, 0.15) is 24.8 Å². The third-order valence-corrected chi connectivity index (χ3v) is 3.89. The maximum atomic E-state index is 11.5. The number of carbonyl (C=O) groups excluding carboxylic acids is 1. The Morgan fingerprint density at radius 2 is 2.05 bits per heavy atom. The summed E-state index contributed by atoms with van der Waals surface area (Å²) in [6, 6.07) is 10.3. The fourth-order valence-electron chi connectivity index (χ4n) is 2.58. The Bertz CT molecular complexity index is 427. The summed E-state index contributed by atoms with van der Waals surface area (Å²) in [5.74, 6) is 0.0131. The monoisotopic (exact) mass is 305 g/mol. The molecular weight excluding hydrogens is 278 g/mol. The average molecular weight is 305 g/mol. The van der Waals surface area contributed by atoms with Crippen molar-refractivity contribution in [3.8, 4) is 0 Å². The third kappa shape index (κ3) is 6.13. The smallest absolute Gasteiger partial charge is 0.251 e. The van der Waals surface area contributed by atoms with Gasteiger partial charge in [-0.1, -0.05) is 35.9 Å². The second kappa shape index (κ2) is 9.56. The number of likely N-dealkylation sites (tertiary alicyclic amines) is 1. The fourth-order valence-corrected chi connectivity index (χ4v) is 2.58. The zero-order chi connectivity index (χ0) is 15.6. The first kappa shape index (κ1) is 16.9. The lowest BCUT2D eigenvalue weighted by Crippen LogP contribution is -2.39. The maximum Gasteiger partial charge on any atom is 0.251 e. The van der Waals surface area contributed by atoms with Crippen molar-refractivity contribution in [1.82, 2.24) is 15.7 Å². The number of benzene rings is 1. The molecule has 0 radical (unpaired) electrons. The van der Waals surface area contributed by atoms with E-state index in [0.29, 0.717) is 0 Å². The molecule has 1 aromatic carbocycles. The molecule has 2 saturated heterocycles. The zero-order valence-electron chi connectivity index (χ0n) is 13.4. The van der Waals surface area contributed by atoms with Gasteiger partial charge in [-0.2, -0.15) is 0 Å².